The van der Waals surface area contributed by atoms with Crippen LogP contribution < -0.4 is 11.1 Å². The van der Waals surface area contributed by atoms with Crippen LogP contribution in [-0.4, -0.2) is 10.9 Å². The SMILES string of the molecule is CCc1cnc(CNC(=O)c2ccc(N)cc2Cl)s1. The smallest absolute Gasteiger partial charge is 0.253 e. The van der Waals surface area contributed by atoms with Crippen LogP contribution >= 0.6 is 22.9 Å². The van der Waals surface area contributed by atoms with Gasteiger partial charge >= 0.3 is 0 Å². The minimum absolute atomic E-state index is 0.224. The molecule has 0 saturated heterocycles. The molecule has 0 radical (unpaired) electrons. The molecule has 0 aliphatic carbocycles. The molecule has 0 fully saturated rings. The summed E-state index contributed by atoms with van der Waals surface area (Å²) in [6.45, 7) is 2.48. The zero-order valence-corrected chi connectivity index (χ0v) is 12.0. The topological polar surface area (TPSA) is 68.0 Å². The van der Waals surface area contributed by atoms with Crippen molar-refractivity contribution < 1.29 is 4.79 Å². The summed E-state index contributed by atoms with van der Waals surface area (Å²) in [4.78, 5) is 17.4. The van der Waals surface area contributed by atoms with Crippen molar-refractivity contribution in [3.63, 3.8) is 0 Å². The van der Waals surface area contributed by atoms with Crippen LogP contribution in [0, 0.1) is 0 Å². The lowest BCUT2D eigenvalue weighted by atomic mass is 10.2. The van der Waals surface area contributed by atoms with E-state index >= 15 is 0 Å². The first-order chi connectivity index (χ1) is 9.10. The Morgan fingerprint density at radius 2 is 2.32 bits per heavy atom. The number of hydrogen-bond donors (Lipinski definition) is 2. The number of nitrogens with zero attached hydrogens (tertiary/aromatic N) is 1. The molecular formula is C13H14ClN3OS. The Bertz CT molecular complexity index is 597. The highest BCUT2D eigenvalue weighted by Gasteiger charge is 2.11. The average Bonchev–Trinajstić information content (AvgIpc) is 2.84. The first kappa shape index (κ1) is 13.8. The van der Waals surface area contributed by atoms with Gasteiger partial charge in [0.05, 0.1) is 17.1 Å². The molecular weight excluding hydrogens is 282 g/mol. The number of carbonyl (C=O) groups is 1. The molecule has 1 aromatic heterocycles. The summed E-state index contributed by atoms with van der Waals surface area (Å²) in [5.41, 5.74) is 6.54. The van der Waals surface area contributed by atoms with Crippen LogP contribution in [-0.2, 0) is 13.0 Å². The average molecular weight is 296 g/mol. The van der Waals surface area contributed by atoms with Crippen molar-refractivity contribution in [1.82, 2.24) is 10.3 Å². The molecule has 0 spiro atoms. The Morgan fingerprint density at radius 1 is 1.53 bits per heavy atom. The van der Waals surface area contributed by atoms with Gasteiger partial charge in [0, 0.05) is 16.8 Å². The summed E-state index contributed by atoms with van der Waals surface area (Å²) in [5.74, 6) is -0.224. The Balaban J connectivity index is 2.01. The van der Waals surface area contributed by atoms with Gasteiger partial charge in [-0.05, 0) is 24.6 Å². The number of carbonyl (C=O) groups excluding carboxylic acids is 1. The Morgan fingerprint density at radius 3 is 2.95 bits per heavy atom. The van der Waals surface area contributed by atoms with Gasteiger partial charge in [0.2, 0.25) is 0 Å². The van der Waals surface area contributed by atoms with E-state index in [4.69, 9.17) is 17.3 Å². The second-order valence-corrected chi connectivity index (χ2v) is 5.60. The molecule has 0 atom stereocenters. The number of nitrogen functional groups attached to an aromatic ring is 1. The number of nitrogens with two attached hydrogens (primary N) is 1. The van der Waals surface area contributed by atoms with Crippen LogP contribution in [0.4, 0.5) is 5.69 Å². The van der Waals surface area contributed by atoms with Gasteiger partial charge in [0.15, 0.2) is 0 Å². The van der Waals surface area contributed by atoms with Crippen LogP contribution in [0.25, 0.3) is 0 Å². The maximum atomic E-state index is 12.0. The summed E-state index contributed by atoms with van der Waals surface area (Å²) in [6, 6.07) is 4.83. The number of halogens is 1. The second kappa shape index (κ2) is 6.04. The summed E-state index contributed by atoms with van der Waals surface area (Å²) < 4.78 is 0. The number of thiazole rings is 1. The maximum absolute atomic E-state index is 12.0. The summed E-state index contributed by atoms with van der Waals surface area (Å²) in [6.07, 6.45) is 2.79. The van der Waals surface area contributed by atoms with Gasteiger partial charge in [-0.25, -0.2) is 4.98 Å². The Hall–Kier alpha value is -1.59. The standard InChI is InChI=1S/C13H14ClN3OS/c1-2-9-6-16-12(19-9)7-17-13(18)10-4-3-8(15)5-11(10)14/h3-6H,2,7,15H2,1H3,(H,17,18). The van der Waals surface area contributed by atoms with E-state index in [-0.39, 0.29) is 5.91 Å². The molecule has 0 bridgehead atoms. The van der Waals surface area contributed by atoms with Crippen LogP contribution in [0.15, 0.2) is 24.4 Å². The quantitative estimate of drug-likeness (QED) is 0.852. The minimum Gasteiger partial charge on any atom is -0.399 e. The molecule has 3 N–H and O–H groups in total. The fourth-order valence-electron chi connectivity index (χ4n) is 1.56. The molecule has 2 aromatic rings. The van der Waals surface area contributed by atoms with Crippen molar-refractivity contribution in [1.29, 1.82) is 0 Å². The molecule has 1 heterocycles. The molecule has 2 rings (SSSR count). The van der Waals surface area contributed by atoms with Gasteiger partial charge in [-0.3, -0.25) is 4.79 Å². The Kier molecular flexibility index (Phi) is 4.39. The first-order valence-corrected chi connectivity index (χ1v) is 7.06. The van der Waals surface area contributed by atoms with E-state index in [1.165, 1.54) is 4.88 Å². The van der Waals surface area contributed by atoms with E-state index in [9.17, 15) is 4.79 Å². The molecule has 0 unspecified atom stereocenters. The van der Waals surface area contributed by atoms with Gasteiger partial charge in [0.25, 0.3) is 5.91 Å². The summed E-state index contributed by atoms with van der Waals surface area (Å²) in [5, 5.41) is 4.04. The number of benzene rings is 1. The summed E-state index contributed by atoms with van der Waals surface area (Å²) in [7, 11) is 0. The van der Waals surface area contributed by atoms with Crippen molar-refractivity contribution >= 4 is 34.5 Å². The van der Waals surface area contributed by atoms with Gasteiger partial charge in [0.1, 0.15) is 5.01 Å². The zero-order valence-electron chi connectivity index (χ0n) is 10.4. The van der Waals surface area contributed by atoms with E-state index in [0.717, 1.165) is 11.4 Å². The van der Waals surface area contributed by atoms with Crippen molar-refractivity contribution in [2.24, 2.45) is 0 Å². The molecule has 4 nitrogen and oxygen atoms in total. The fourth-order valence-corrected chi connectivity index (χ4v) is 2.64. The lowest BCUT2D eigenvalue weighted by molar-refractivity contribution is 0.0951. The molecule has 0 saturated carbocycles. The zero-order chi connectivity index (χ0) is 13.8. The number of nitrogens with one attached hydrogen (secondary N) is 1. The third-order valence-electron chi connectivity index (χ3n) is 2.59. The number of aromatic nitrogens is 1. The normalized spacial score (nSPS) is 10.4. The van der Waals surface area contributed by atoms with E-state index < -0.39 is 0 Å². The molecule has 100 valence electrons. The predicted octanol–water partition coefficient (Wildman–Crippen LogP) is 2.87. The van der Waals surface area contributed by atoms with Crippen molar-refractivity contribution in [3.8, 4) is 0 Å². The molecule has 1 aromatic carbocycles. The lowest BCUT2D eigenvalue weighted by Gasteiger charge is -2.05. The van der Waals surface area contributed by atoms with Crippen molar-refractivity contribution in [2.45, 2.75) is 19.9 Å². The molecule has 0 aliphatic heterocycles. The van der Waals surface area contributed by atoms with Crippen LogP contribution in [0.5, 0.6) is 0 Å². The predicted molar refractivity (Wildman–Crippen MR) is 78.5 cm³/mol. The molecule has 0 aliphatic rings. The second-order valence-electron chi connectivity index (χ2n) is 4.00. The van der Waals surface area contributed by atoms with Crippen molar-refractivity contribution in [2.75, 3.05) is 5.73 Å². The largest absolute Gasteiger partial charge is 0.399 e. The molecule has 19 heavy (non-hydrogen) atoms. The number of amides is 1. The van der Waals surface area contributed by atoms with Gasteiger partial charge < -0.3 is 11.1 Å². The summed E-state index contributed by atoms with van der Waals surface area (Å²) >= 11 is 7.58. The van der Waals surface area contributed by atoms with Gasteiger partial charge in [-0.2, -0.15) is 0 Å². The van der Waals surface area contributed by atoms with Crippen molar-refractivity contribution in [3.05, 3.63) is 44.9 Å². The van der Waals surface area contributed by atoms with Gasteiger partial charge in [-0.15, -0.1) is 11.3 Å². The minimum atomic E-state index is -0.224. The number of hydrogen-bond acceptors (Lipinski definition) is 4. The van der Waals surface area contributed by atoms with Crippen LogP contribution in [0.1, 0.15) is 27.2 Å². The molecule has 6 heteroatoms. The Labute approximate surface area is 120 Å². The highest BCUT2D eigenvalue weighted by atomic mass is 35.5. The third kappa shape index (κ3) is 3.45. The highest BCUT2D eigenvalue weighted by molar-refractivity contribution is 7.11. The van der Waals surface area contributed by atoms with E-state index in [0.29, 0.717) is 22.8 Å². The number of rotatable bonds is 4. The monoisotopic (exact) mass is 295 g/mol. The highest BCUT2D eigenvalue weighted by Crippen LogP contribution is 2.19. The van der Waals surface area contributed by atoms with Crippen LogP contribution in [0.2, 0.25) is 5.02 Å². The van der Waals surface area contributed by atoms with E-state index in [1.54, 1.807) is 29.5 Å². The van der Waals surface area contributed by atoms with E-state index in [2.05, 4.69) is 17.2 Å². The number of anilines is 1. The maximum Gasteiger partial charge on any atom is 0.253 e. The molecule has 1 amide bonds. The number of aryl methyl sites for hydroxylation is 1. The lowest BCUT2D eigenvalue weighted by Crippen LogP contribution is -2.23. The first-order valence-electron chi connectivity index (χ1n) is 5.87. The van der Waals surface area contributed by atoms with Gasteiger partial charge in [-0.1, -0.05) is 18.5 Å². The van der Waals surface area contributed by atoms with Crippen LogP contribution in [0.3, 0.4) is 0 Å². The third-order valence-corrected chi connectivity index (χ3v) is 4.04. The fraction of sp³-hybridized carbons (Fsp3) is 0.231. The van der Waals surface area contributed by atoms with E-state index in [1.807, 2.05) is 6.20 Å².